The average Bonchev–Trinajstić information content (AvgIpc) is 3.32. The molecule has 0 bridgehead atoms. The maximum Gasteiger partial charge on any atom is 0.236 e. The Morgan fingerprint density at radius 3 is 2.41 bits per heavy atom. The highest BCUT2D eigenvalue weighted by Crippen LogP contribution is 2.54. The van der Waals surface area contributed by atoms with Crippen LogP contribution in [0.15, 0.2) is 48.7 Å². The van der Waals surface area contributed by atoms with Crippen LogP contribution in [0.3, 0.4) is 0 Å². The first kappa shape index (κ1) is 21.9. The molecule has 2 aromatic rings. The summed E-state index contributed by atoms with van der Waals surface area (Å²) in [6, 6.07) is 11.4. The number of imide groups is 1. The molecule has 3 heterocycles. The van der Waals surface area contributed by atoms with Gasteiger partial charge in [-0.25, -0.2) is 0 Å². The van der Waals surface area contributed by atoms with Crippen LogP contribution in [-0.4, -0.2) is 39.5 Å². The summed E-state index contributed by atoms with van der Waals surface area (Å²) in [6.45, 7) is 0. The van der Waals surface area contributed by atoms with Crippen molar-refractivity contribution in [1.29, 1.82) is 0 Å². The maximum absolute atomic E-state index is 13.9. The molecule has 4 atom stereocenters. The summed E-state index contributed by atoms with van der Waals surface area (Å²) in [5.41, 5.74) is 2.31. The van der Waals surface area contributed by atoms with Crippen molar-refractivity contribution >= 4 is 46.9 Å². The summed E-state index contributed by atoms with van der Waals surface area (Å²) in [7, 11) is 0. The van der Waals surface area contributed by atoms with Crippen molar-refractivity contribution in [3.05, 3.63) is 75.4 Å². The molecule has 0 aromatic heterocycles. The van der Waals surface area contributed by atoms with E-state index in [9.17, 15) is 14.4 Å². The van der Waals surface area contributed by atoms with Gasteiger partial charge in [0.1, 0.15) is 6.04 Å². The number of amides is 2. The third-order valence-corrected chi connectivity index (χ3v) is 8.45. The lowest BCUT2D eigenvalue weighted by molar-refractivity contribution is -0.144. The molecule has 6 rings (SSSR count). The lowest BCUT2D eigenvalue weighted by Gasteiger charge is -2.37. The van der Waals surface area contributed by atoms with Gasteiger partial charge in [0.15, 0.2) is 5.78 Å². The minimum absolute atomic E-state index is 0.0722. The molecule has 4 aliphatic rings. The van der Waals surface area contributed by atoms with E-state index in [0.29, 0.717) is 10.6 Å². The number of nitrogens with zero attached hydrogens (tertiary/aromatic N) is 2. The van der Waals surface area contributed by atoms with Crippen LogP contribution in [0.4, 0.5) is 0 Å². The molecule has 2 saturated heterocycles. The van der Waals surface area contributed by atoms with Crippen LogP contribution in [0, 0.1) is 11.8 Å². The van der Waals surface area contributed by atoms with Crippen molar-refractivity contribution in [2.75, 3.05) is 0 Å². The number of hydrogen-bond donors (Lipinski definition) is 0. The SMILES string of the molecule is O=C(c1ccc(Cl)cc1Cl)C1C2C(=O)N(C3CCCCC3)C(=O)C2C2c3ccccc3C=CN12. The molecule has 3 aliphatic heterocycles. The van der Waals surface area contributed by atoms with Crippen molar-refractivity contribution in [3.63, 3.8) is 0 Å². The van der Waals surface area contributed by atoms with E-state index in [-0.39, 0.29) is 34.7 Å². The van der Waals surface area contributed by atoms with E-state index in [4.69, 9.17) is 23.2 Å². The van der Waals surface area contributed by atoms with Gasteiger partial charge in [0.05, 0.1) is 22.9 Å². The maximum atomic E-state index is 13.9. The smallest absolute Gasteiger partial charge is 0.236 e. The van der Waals surface area contributed by atoms with Crippen molar-refractivity contribution in [2.45, 2.75) is 50.2 Å². The van der Waals surface area contributed by atoms with Crippen molar-refractivity contribution < 1.29 is 14.4 Å². The molecule has 0 radical (unpaired) electrons. The predicted molar refractivity (Wildman–Crippen MR) is 130 cm³/mol. The number of Topliss-reactive ketones (excluding diaryl/α,β-unsaturated/α-hetero) is 1. The number of benzene rings is 2. The van der Waals surface area contributed by atoms with Crippen LogP contribution in [-0.2, 0) is 9.59 Å². The third kappa shape index (κ3) is 3.17. The molecule has 0 spiro atoms. The van der Waals surface area contributed by atoms with E-state index in [0.717, 1.165) is 43.2 Å². The second-order valence-corrected chi connectivity index (χ2v) is 10.5. The van der Waals surface area contributed by atoms with E-state index in [2.05, 4.69) is 0 Å². The highest BCUT2D eigenvalue weighted by molar-refractivity contribution is 6.37. The second-order valence-electron chi connectivity index (χ2n) is 9.66. The summed E-state index contributed by atoms with van der Waals surface area (Å²) in [5, 5.41) is 0.686. The molecule has 5 nitrogen and oxygen atoms in total. The topological polar surface area (TPSA) is 57.7 Å². The number of hydrogen-bond acceptors (Lipinski definition) is 4. The van der Waals surface area contributed by atoms with E-state index < -0.39 is 17.9 Å². The highest BCUT2D eigenvalue weighted by atomic mass is 35.5. The Labute approximate surface area is 208 Å². The number of rotatable bonds is 3. The quantitative estimate of drug-likeness (QED) is 0.416. The number of carbonyl (C=O) groups is 3. The first-order valence-corrected chi connectivity index (χ1v) is 12.6. The zero-order chi connectivity index (χ0) is 23.6. The normalized spacial score (nSPS) is 28.2. The van der Waals surface area contributed by atoms with Crippen LogP contribution in [0.5, 0.6) is 0 Å². The van der Waals surface area contributed by atoms with Crippen molar-refractivity contribution in [2.24, 2.45) is 11.8 Å². The van der Waals surface area contributed by atoms with Gasteiger partial charge >= 0.3 is 0 Å². The fourth-order valence-electron chi connectivity index (χ4n) is 6.43. The Hall–Kier alpha value is -2.63. The van der Waals surface area contributed by atoms with Crippen LogP contribution in [0.2, 0.25) is 10.0 Å². The largest absolute Gasteiger partial charge is 0.358 e. The van der Waals surface area contributed by atoms with E-state index in [1.165, 1.54) is 11.0 Å². The second kappa shape index (κ2) is 8.24. The standard InChI is InChI=1S/C27H24Cl2N2O3/c28-16-10-11-19(20(29)14-16)25(32)24-22-21(23-18-9-5-4-6-15(18)12-13-30(23)24)26(33)31(27(22)34)17-7-2-1-3-8-17/h4-6,9-14,17,21-24H,1-3,7-8H2. The molecule has 1 aliphatic carbocycles. The minimum atomic E-state index is -0.802. The Morgan fingerprint density at radius 2 is 1.65 bits per heavy atom. The third-order valence-electron chi connectivity index (χ3n) is 7.90. The number of ketones is 1. The lowest BCUT2D eigenvalue weighted by Crippen LogP contribution is -2.47. The molecule has 2 amide bonds. The minimum Gasteiger partial charge on any atom is -0.358 e. The van der Waals surface area contributed by atoms with Gasteiger partial charge in [-0.3, -0.25) is 19.3 Å². The van der Waals surface area contributed by atoms with Gasteiger partial charge in [-0.05, 0) is 48.2 Å². The number of carbonyl (C=O) groups excluding carboxylic acids is 3. The monoisotopic (exact) mass is 494 g/mol. The lowest BCUT2D eigenvalue weighted by atomic mass is 9.83. The summed E-state index contributed by atoms with van der Waals surface area (Å²) in [6.07, 6.45) is 8.65. The Morgan fingerprint density at radius 1 is 0.912 bits per heavy atom. The van der Waals surface area contributed by atoms with E-state index in [1.807, 2.05) is 41.4 Å². The summed E-state index contributed by atoms with van der Waals surface area (Å²) in [4.78, 5) is 45.1. The fourth-order valence-corrected chi connectivity index (χ4v) is 6.93. The predicted octanol–water partition coefficient (Wildman–Crippen LogP) is 5.52. The van der Waals surface area contributed by atoms with Gasteiger partial charge in [-0.15, -0.1) is 0 Å². The number of halogens is 2. The number of likely N-dealkylation sites (tertiary alicyclic amines) is 1. The van der Waals surface area contributed by atoms with Gasteiger partial charge in [0.25, 0.3) is 0 Å². The van der Waals surface area contributed by atoms with Crippen LogP contribution in [0.1, 0.15) is 59.6 Å². The zero-order valence-corrected chi connectivity index (χ0v) is 20.0. The Bertz CT molecular complexity index is 1240. The van der Waals surface area contributed by atoms with Gasteiger partial charge in [0, 0.05) is 22.8 Å². The highest BCUT2D eigenvalue weighted by Gasteiger charge is 2.65. The molecule has 174 valence electrons. The van der Waals surface area contributed by atoms with Gasteiger partial charge in [0.2, 0.25) is 11.8 Å². The van der Waals surface area contributed by atoms with Crippen LogP contribution >= 0.6 is 23.2 Å². The van der Waals surface area contributed by atoms with Crippen molar-refractivity contribution in [1.82, 2.24) is 9.80 Å². The van der Waals surface area contributed by atoms with E-state index in [1.54, 1.807) is 12.1 Å². The van der Waals surface area contributed by atoms with Gasteiger partial charge in [-0.2, -0.15) is 0 Å². The molecule has 4 unspecified atom stereocenters. The van der Waals surface area contributed by atoms with Gasteiger partial charge in [-0.1, -0.05) is 66.7 Å². The van der Waals surface area contributed by atoms with Crippen LogP contribution in [0.25, 0.3) is 6.08 Å². The molecule has 1 saturated carbocycles. The average molecular weight is 495 g/mol. The van der Waals surface area contributed by atoms with E-state index >= 15 is 0 Å². The molecule has 0 N–H and O–H groups in total. The summed E-state index contributed by atoms with van der Waals surface area (Å²) < 4.78 is 0. The molecule has 3 fully saturated rings. The first-order valence-electron chi connectivity index (χ1n) is 11.9. The van der Waals surface area contributed by atoms with Gasteiger partial charge < -0.3 is 4.90 Å². The molecular weight excluding hydrogens is 471 g/mol. The van der Waals surface area contributed by atoms with Crippen molar-refractivity contribution in [3.8, 4) is 0 Å². The summed E-state index contributed by atoms with van der Waals surface area (Å²) >= 11 is 12.5. The van der Waals surface area contributed by atoms with Crippen LogP contribution < -0.4 is 0 Å². The molecule has 7 heteroatoms. The number of fused-ring (bicyclic) bond motifs is 5. The fraction of sp³-hybridized carbons (Fsp3) is 0.370. The molecule has 2 aromatic carbocycles. The Kier molecular flexibility index (Phi) is 5.30. The molecule has 34 heavy (non-hydrogen) atoms. The molecular formula is C27H24Cl2N2O3. The Balaban J connectivity index is 1.47. The zero-order valence-electron chi connectivity index (χ0n) is 18.5. The summed E-state index contributed by atoms with van der Waals surface area (Å²) in [5.74, 6) is -1.95. The first-order chi connectivity index (χ1) is 16.5.